The number of rotatable bonds is 5. The van der Waals surface area contributed by atoms with Crippen LogP contribution in [0, 0.1) is 22.9 Å². The molecule has 0 spiro atoms. The van der Waals surface area contributed by atoms with Crippen LogP contribution in [0.2, 0.25) is 0 Å². The van der Waals surface area contributed by atoms with Crippen molar-refractivity contribution >= 4 is 27.7 Å². The summed E-state index contributed by atoms with van der Waals surface area (Å²) in [6, 6.07) is 9.42. The van der Waals surface area contributed by atoms with E-state index in [-0.39, 0.29) is 48.5 Å². The van der Waals surface area contributed by atoms with Crippen molar-refractivity contribution in [2.24, 2.45) is 0 Å². The van der Waals surface area contributed by atoms with Crippen molar-refractivity contribution in [3.8, 4) is 0 Å². The Morgan fingerprint density at radius 1 is 1.10 bits per heavy atom. The number of nitro benzene ring substituents is 1. The predicted molar refractivity (Wildman–Crippen MR) is 109 cm³/mol. The van der Waals surface area contributed by atoms with E-state index in [4.69, 9.17) is 0 Å². The summed E-state index contributed by atoms with van der Waals surface area (Å²) < 4.78 is 40.1. The molecular formula is C20H20FN3O5S. The molecule has 1 heterocycles. The maximum Gasteiger partial charge on any atom is 0.270 e. The van der Waals surface area contributed by atoms with Gasteiger partial charge >= 0.3 is 0 Å². The van der Waals surface area contributed by atoms with E-state index in [0.717, 1.165) is 6.07 Å². The Labute approximate surface area is 173 Å². The van der Waals surface area contributed by atoms with Crippen molar-refractivity contribution < 1.29 is 22.5 Å². The Bertz CT molecular complexity index is 1090. The van der Waals surface area contributed by atoms with E-state index in [0.29, 0.717) is 11.1 Å². The Balaban J connectivity index is 1.67. The lowest BCUT2D eigenvalue weighted by Gasteiger charge is -2.33. The van der Waals surface area contributed by atoms with Crippen LogP contribution >= 0.6 is 0 Å². The van der Waals surface area contributed by atoms with Gasteiger partial charge in [-0.05, 0) is 36.3 Å². The molecule has 1 fully saturated rings. The highest BCUT2D eigenvalue weighted by atomic mass is 32.2. The molecule has 0 atom stereocenters. The number of piperazine rings is 1. The summed E-state index contributed by atoms with van der Waals surface area (Å²) in [6.07, 6.45) is 2.93. The van der Waals surface area contributed by atoms with Gasteiger partial charge in [-0.15, -0.1) is 0 Å². The number of carbonyl (C=O) groups is 1. The highest BCUT2D eigenvalue weighted by Crippen LogP contribution is 2.25. The van der Waals surface area contributed by atoms with Crippen LogP contribution in [0.4, 0.5) is 10.1 Å². The first-order valence-electron chi connectivity index (χ1n) is 9.16. The van der Waals surface area contributed by atoms with E-state index < -0.39 is 14.9 Å². The largest absolute Gasteiger partial charge is 0.337 e. The number of nitrogens with zero attached hydrogens (tertiary/aromatic N) is 3. The fourth-order valence-corrected chi connectivity index (χ4v) is 4.78. The van der Waals surface area contributed by atoms with Gasteiger partial charge in [-0.25, -0.2) is 12.8 Å². The van der Waals surface area contributed by atoms with Crippen LogP contribution in [-0.4, -0.2) is 54.6 Å². The first-order valence-corrected chi connectivity index (χ1v) is 10.6. The molecule has 0 bridgehead atoms. The van der Waals surface area contributed by atoms with Gasteiger partial charge in [-0.1, -0.05) is 18.2 Å². The third-order valence-corrected chi connectivity index (χ3v) is 6.88. The standard InChI is InChI=1S/C20H20FN3O5S/c1-15-2-8-18(24(26)27)14-19(15)30(28,29)23-12-10-22(11-13-23)20(25)9-5-16-3-6-17(21)7-4-16/h2-9,14H,10-13H2,1H3. The Kier molecular flexibility index (Phi) is 6.28. The summed E-state index contributed by atoms with van der Waals surface area (Å²) in [4.78, 5) is 24.1. The molecule has 10 heteroatoms. The van der Waals surface area contributed by atoms with Gasteiger partial charge < -0.3 is 4.90 Å². The quantitative estimate of drug-likeness (QED) is 0.410. The number of sulfonamides is 1. The molecule has 8 nitrogen and oxygen atoms in total. The molecule has 1 saturated heterocycles. The van der Waals surface area contributed by atoms with Crippen LogP contribution in [0.15, 0.2) is 53.4 Å². The second-order valence-electron chi connectivity index (χ2n) is 6.82. The number of carbonyl (C=O) groups excluding carboxylic acids is 1. The molecule has 1 aliphatic heterocycles. The normalized spacial score (nSPS) is 15.5. The van der Waals surface area contributed by atoms with Gasteiger partial charge in [0.25, 0.3) is 5.69 Å². The summed E-state index contributed by atoms with van der Waals surface area (Å²) in [6.45, 7) is 2.14. The molecule has 30 heavy (non-hydrogen) atoms. The second kappa shape index (κ2) is 8.72. The number of aryl methyl sites for hydroxylation is 1. The minimum absolute atomic E-state index is 0.0839. The van der Waals surface area contributed by atoms with Crippen molar-refractivity contribution in [2.45, 2.75) is 11.8 Å². The molecule has 158 valence electrons. The fraction of sp³-hybridized carbons (Fsp3) is 0.250. The number of benzene rings is 2. The minimum atomic E-state index is -3.92. The summed E-state index contributed by atoms with van der Waals surface area (Å²) in [5, 5.41) is 11.0. The fourth-order valence-electron chi connectivity index (χ4n) is 3.11. The molecule has 1 aliphatic rings. The third kappa shape index (κ3) is 4.71. The highest BCUT2D eigenvalue weighted by molar-refractivity contribution is 7.89. The number of hydrogen-bond donors (Lipinski definition) is 0. The van der Waals surface area contributed by atoms with E-state index in [1.807, 2.05) is 0 Å². The molecule has 2 aromatic rings. The van der Waals surface area contributed by atoms with Crippen LogP contribution < -0.4 is 0 Å². The number of halogens is 1. The van der Waals surface area contributed by atoms with Gasteiger partial charge in [0.15, 0.2) is 0 Å². The topological polar surface area (TPSA) is 101 Å². The zero-order valence-electron chi connectivity index (χ0n) is 16.2. The Hall–Kier alpha value is -3.11. The molecule has 2 aromatic carbocycles. The monoisotopic (exact) mass is 433 g/mol. The SMILES string of the molecule is Cc1ccc([N+](=O)[O-])cc1S(=O)(=O)N1CCN(C(=O)C=Cc2ccc(F)cc2)CC1. The zero-order chi connectivity index (χ0) is 21.9. The van der Waals surface area contributed by atoms with Gasteiger partial charge in [0, 0.05) is 44.4 Å². The van der Waals surface area contributed by atoms with E-state index >= 15 is 0 Å². The molecule has 0 saturated carbocycles. The number of nitro groups is 1. The average Bonchev–Trinajstić information content (AvgIpc) is 2.73. The van der Waals surface area contributed by atoms with E-state index in [9.17, 15) is 27.7 Å². The minimum Gasteiger partial charge on any atom is -0.337 e. The van der Waals surface area contributed by atoms with Crippen molar-refractivity contribution in [2.75, 3.05) is 26.2 Å². The molecule has 1 amide bonds. The smallest absolute Gasteiger partial charge is 0.270 e. The van der Waals surface area contributed by atoms with Gasteiger partial charge in [0.05, 0.1) is 9.82 Å². The third-order valence-electron chi connectivity index (χ3n) is 4.84. The van der Waals surface area contributed by atoms with E-state index in [1.54, 1.807) is 25.1 Å². The maximum atomic E-state index is 13.0. The van der Waals surface area contributed by atoms with Gasteiger partial charge in [0.2, 0.25) is 15.9 Å². The summed E-state index contributed by atoms with van der Waals surface area (Å²) in [7, 11) is -3.92. The summed E-state index contributed by atoms with van der Waals surface area (Å²) in [5.74, 6) is -0.641. The van der Waals surface area contributed by atoms with E-state index in [2.05, 4.69) is 0 Å². The highest BCUT2D eigenvalue weighted by Gasteiger charge is 2.31. The maximum absolute atomic E-state index is 13.0. The molecule has 3 rings (SSSR count). The first-order chi connectivity index (χ1) is 14.2. The van der Waals surface area contributed by atoms with Gasteiger partial charge in [-0.3, -0.25) is 14.9 Å². The van der Waals surface area contributed by atoms with E-state index in [1.165, 1.54) is 39.5 Å². The lowest BCUT2D eigenvalue weighted by molar-refractivity contribution is -0.385. The number of amides is 1. The van der Waals surface area contributed by atoms with Crippen LogP contribution in [0.3, 0.4) is 0 Å². The van der Waals surface area contributed by atoms with Crippen LogP contribution in [0.25, 0.3) is 6.08 Å². The van der Waals surface area contributed by atoms with Crippen molar-refractivity contribution in [3.63, 3.8) is 0 Å². The first kappa shape index (κ1) is 21.6. The van der Waals surface area contributed by atoms with Crippen molar-refractivity contribution in [3.05, 3.63) is 75.6 Å². The molecule has 0 aliphatic carbocycles. The predicted octanol–water partition coefficient (Wildman–Crippen LogP) is 2.59. The van der Waals surface area contributed by atoms with Crippen LogP contribution in [0.1, 0.15) is 11.1 Å². The molecule has 0 aromatic heterocycles. The van der Waals surface area contributed by atoms with Gasteiger partial charge in [-0.2, -0.15) is 4.31 Å². The number of non-ortho nitro benzene ring substituents is 1. The van der Waals surface area contributed by atoms with Crippen molar-refractivity contribution in [1.29, 1.82) is 0 Å². The van der Waals surface area contributed by atoms with Gasteiger partial charge in [0.1, 0.15) is 5.82 Å². The summed E-state index contributed by atoms with van der Waals surface area (Å²) in [5.41, 5.74) is 0.798. The second-order valence-corrected chi connectivity index (χ2v) is 8.73. The molecular weight excluding hydrogens is 413 g/mol. The Morgan fingerprint density at radius 3 is 2.33 bits per heavy atom. The number of hydrogen-bond acceptors (Lipinski definition) is 5. The average molecular weight is 433 g/mol. The van der Waals surface area contributed by atoms with Crippen LogP contribution in [0.5, 0.6) is 0 Å². The van der Waals surface area contributed by atoms with Crippen molar-refractivity contribution in [1.82, 2.24) is 9.21 Å². The zero-order valence-corrected chi connectivity index (χ0v) is 17.0. The lowest BCUT2D eigenvalue weighted by atomic mass is 10.2. The molecule has 0 unspecified atom stereocenters. The summed E-state index contributed by atoms with van der Waals surface area (Å²) >= 11 is 0. The van der Waals surface area contributed by atoms with Crippen LogP contribution in [-0.2, 0) is 14.8 Å². The molecule has 0 radical (unpaired) electrons. The molecule has 0 N–H and O–H groups in total. The lowest BCUT2D eigenvalue weighted by Crippen LogP contribution is -2.50. The Morgan fingerprint density at radius 2 is 1.73 bits per heavy atom.